The van der Waals surface area contributed by atoms with Crippen molar-refractivity contribution in [2.24, 2.45) is 23.5 Å². The van der Waals surface area contributed by atoms with Crippen LogP contribution in [0.1, 0.15) is 46.5 Å². The summed E-state index contributed by atoms with van der Waals surface area (Å²) in [5.74, 6) is 2.61. The Balaban J connectivity index is 2.00. The number of hydrogen-bond donors (Lipinski definition) is 1. The molecule has 4 atom stereocenters. The molecule has 2 heteroatoms. The highest BCUT2D eigenvalue weighted by Gasteiger charge is 2.37. The Kier molecular flexibility index (Phi) is 3.91. The minimum Gasteiger partial charge on any atom is -0.329 e. The van der Waals surface area contributed by atoms with E-state index in [2.05, 4.69) is 25.7 Å². The van der Waals surface area contributed by atoms with Crippen molar-refractivity contribution in [1.82, 2.24) is 4.90 Å². The standard InChI is InChI=1S/C14H28N2/c1-10-6-11(2)8-13(7-10)16-5-4-12(3)14(16)9-15/h10-14H,4-9,15H2,1-3H3. The van der Waals surface area contributed by atoms with Gasteiger partial charge in [-0.25, -0.2) is 0 Å². The van der Waals surface area contributed by atoms with E-state index in [4.69, 9.17) is 5.73 Å². The Hall–Kier alpha value is -0.0800. The van der Waals surface area contributed by atoms with E-state index in [1.54, 1.807) is 0 Å². The van der Waals surface area contributed by atoms with Crippen LogP contribution in [0.25, 0.3) is 0 Å². The maximum atomic E-state index is 5.95. The molecule has 0 aromatic heterocycles. The Labute approximate surface area is 101 Å². The Morgan fingerprint density at radius 3 is 2.25 bits per heavy atom. The summed E-state index contributed by atoms with van der Waals surface area (Å²) in [6.45, 7) is 9.33. The highest BCUT2D eigenvalue weighted by atomic mass is 15.2. The summed E-state index contributed by atoms with van der Waals surface area (Å²) in [7, 11) is 0. The van der Waals surface area contributed by atoms with E-state index >= 15 is 0 Å². The zero-order valence-corrected chi connectivity index (χ0v) is 11.2. The zero-order chi connectivity index (χ0) is 11.7. The van der Waals surface area contributed by atoms with Gasteiger partial charge in [-0.3, -0.25) is 4.90 Å². The van der Waals surface area contributed by atoms with Crippen molar-refractivity contribution in [3.05, 3.63) is 0 Å². The second kappa shape index (κ2) is 5.05. The largest absolute Gasteiger partial charge is 0.329 e. The maximum Gasteiger partial charge on any atom is 0.0247 e. The van der Waals surface area contributed by atoms with Crippen molar-refractivity contribution >= 4 is 0 Å². The molecule has 0 amide bonds. The third kappa shape index (κ3) is 2.43. The van der Waals surface area contributed by atoms with Crippen LogP contribution in [0.3, 0.4) is 0 Å². The van der Waals surface area contributed by atoms with Gasteiger partial charge < -0.3 is 5.73 Å². The van der Waals surface area contributed by atoms with Crippen molar-refractivity contribution in [3.63, 3.8) is 0 Å². The monoisotopic (exact) mass is 224 g/mol. The van der Waals surface area contributed by atoms with Gasteiger partial charge in [0.1, 0.15) is 0 Å². The minimum absolute atomic E-state index is 0.655. The molecule has 2 nitrogen and oxygen atoms in total. The number of rotatable bonds is 2. The number of hydrogen-bond acceptors (Lipinski definition) is 2. The summed E-state index contributed by atoms with van der Waals surface area (Å²) in [6.07, 6.45) is 5.56. The van der Waals surface area contributed by atoms with E-state index in [0.29, 0.717) is 6.04 Å². The van der Waals surface area contributed by atoms with Gasteiger partial charge in [0.25, 0.3) is 0 Å². The second-order valence-electron chi connectivity index (χ2n) is 6.38. The quantitative estimate of drug-likeness (QED) is 0.781. The van der Waals surface area contributed by atoms with Crippen molar-refractivity contribution in [3.8, 4) is 0 Å². The van der Waals surface area contributed by atoms with Gasteiger partial charge in [0.15, 0.2) is 0 Å². The molecule has 1 aliphatic carbocycles. The zero-order valence-electron chi connectivity index (χ0n) is 11.2. The molecule has 1 aliphatic heterocycles. The normalized spacial score (nSPS) is 46.1. The van der Waals surface area contributed by atoms with E-state index in [1.807, 2.05) is 0 Å². The Bertz CT molecular complexity index is 219. The first-order chi connectivity index (χ1) is 7.61. The summed E-state index contributed by atoms with van der Waals surface area (Å²) in [6, 6.07) is 1.47. The molecule has 0 bridgehead atoms. The van der Waals surface area contributed by atoms with Gasteiger partial charge in [0, 0.05) is 18.6 Å². The third-order valence-electron chi connectivity index (χ3n) is 4.79. The van der Waals surface area contributed by atoms with Gasteiger partial charge in [0.05, 0.1) is 0 Å². The molecule has 1 heterocycles. The highest BCUT2D eigenvalue weighted by molar-refractivity contribution is 4.92. The SMILES string of the molecule is CC1CC(C)CC(N2CCC(C)C2CN)C1. The molecular formula is C14H28N2. The van der Waals surface area contributed by atoms with Crippen LogP contribution < -0.4 is 5.73 Å². The van der Waals surface area contributed by atoms with Crippen LogP contribution >= 0.6 is 0 Å². The van der Waals surface area contributed by atoms with Gasteiger partial charge in [-0.2, -0.15) is 0 Å². The molecule has 16 heavy (non-hydrogen) atoms. The van der Waals surface area contributed by atoms with Crippen LogP contribution in [0.2, 0.25) is 0 Å². The van der Waals surface area contributed by atoms with E-state index in [1.165, 1.54) is 32.2 Å². The Morgan fingerprint density at radius 2 is 1.69 bits per heavy atom. The van der Waals surface area contributed by atoms with Gasteiger partial charge in [-0.15, -0.1) is 0 Å². The number of likely N-dealkylation sites (tertiary alicyclic amines) is 1. The molecule has 0 aromatic carbocycles. The topological polar surface area (TPSA) is 29.3 Å². The van der Waals surface area contributed by atoms with E-state index < -0.39 is 0 Å². The summed E-state index contributed by atoms with van der Waals surface area (Å²) >= 11 is 0. The van der Waals surface area contributed by atoms with Crippen LogP contribution in [0, 0.1) is 17.8 Å². The van der Waals surface area contributed by atoms with Crippen LogP contribution in [0.4, 0.5) is 0 Å². The minimum atomic E-state index is 0.655. The van der Waals surface area contributed by atoms with Gasteiger partial charge >= 0.3 is 0 Å². The van der Waals surface area contributed by atoms with Crippen molar-refractivity contribution in [2.45, 2.75) is 58.5 Å². The predicted octanol–water partition coefficient (Wildman–Crippen LogP) is 2.48. The predicted molar refractivity (Wildman–Crippen MR) is 69.3 cm³/mol. The third-order valence-corrected chi connectivity index (χ3v) is 4.79. The second-order valence-corrected chi connectivity index (χ2v) is 6.38. The molecule has 1 saturated heterocycles. The number of nitrogens with two attached hydrogens (primary N) is 1. The number of nitrogens with zero attached hydrogens (tertiary/aromatic N) is 1. The molecule has 2 rings (SSSR count). The molecule has 94 valence electrons. The van der Waals surface area contributed by atoms with Crippen LogP contribution in [-0.2, 0) is 0 Å². The van der Waals surface area contributed by atoms with E-state index in [9.17, 15) is 0 Å². The van der Waals surface area contributed by atoms with Gasteiger partial charge in [-0.1, -0.05) is 20.8 Å². The molecule has 2 fully saturated rings. The maximum absolute atomic E-state index is 5.95. The van der Waals surface area contributed by atoms with E-state index in [-0.39, 0.29) is 0 Å². The fourth-order valence-corrected chi connectivity index (χ4v) is 4.03. The molecule has 0 radical (unpaired) electrons. The lowest BCUT2D eigenvalue weighted by atomic mass is 9.79. The molecule has 2 N–H and O–H groups in total. The van der Waals surface area contributed by atoms with Crippen LogP contribution in [0.5, 0.6) is 0 Å². The smallest absolute Gasteiger partial charge is 0.0247 e. The average Bonchev–Trinajstić information content (AvgIpc) is 2.58. The van der Waals surface area contributed by atoms with Gasteiger partial charge in [0.2, 0.25) is 0 Å². The highest BCUT2D eigenvalue weighted by Crippen LogP contribution is 2.36. The summed E-state index contributed by atoms with van der Waals surface area (Å²) in [5, 5.41) is 0. The Morgan fingerprint density at radius 1 is 1.06 bits per heavy atom. The lowest BCUT2D eigenvalue weighted by Crippen LogP contribution is -2.47. The fourth-order valence-electron chi connectivity index (χ4n) is 4.03. The average molecular weight is 224 g/mol. The molecule has 0 aromatic rings. The molecule has 2 aliphatic rings. The van der Waals surface area contributed by atoms with Crippen molar-refractivity contribution in [1.29, 1.82) is 0 Å². The van der Waals surface area contributed by atoms with Crippen LogP contribution in [0.15, 0.2) is 0 Å². The molecular weight excluding hydrogens is 196 g/mol. The first-order valence-corrected chi connectivity index (χ1v) is 7.07. The van der Waals surface area contributed by atoms with Gasteiger partial charge in [-0.05, 0) is 50.0 Å². The lowest BCUT2D eigenvalue weighted by Gasteiger charge is -2.40. The summed E-state index contributed by atoms with van der Waals surface area (Å²) in [5.41, 5.74) is 5.95. The summed E-state index contributed by atoms with van der Waals surface area (Å²) < 4.78 is 0. The first kappa shape index (κ1) is 12.4. The molecule has 4 unspecified atom stereocenters. The van der Waals surface area contributed by atoms with Crippen molar-refractivity contribution < 1.29 is 0 Å². The molecule has 0 spiro atoms. The lowest BCUT2D eigenvalue weighted by molar-refractivity contribution is 0.0937. The fraction of sp³-hybridized carbons (Fsp3) is 1.00. The molecule has 1 saturated carbocycles. The van der Waals surface area contributed by atoms with Crippen molar-refractivity contribution in [2.75, 3.05) is 13.1 Å². The van der Waals surface area contributed by atoms with Crippen LogP contribution in [-0.4, -0.2) is 30.1 Å². The summed E-state index contributed by atoms with van der Waals surface area (Å²) in [4.78, 5) is 2.73. The first-order valence-electron chi connectivity index (χ1n) is 7.07. The van der Waals surface area contributed by atoms with E-state index in [0.717, 1.165) is 30.3 Å².